The first-order chi connectivity index (χ1) is 10.0. The Morgan fingerprint density at radius 2 is 1.86 bits per heavy atom. The molecule has 2 aliphatic rings. The number of carbonyl (C=O) groups excluding carboxylic acids is 1. The Morgan fingerprint density at radius 1 is 1.23 bits per heavy atom. The fraction of sp³-hybridized carbons (Fsp3) is 0.812. The number of carbonyl (C=O) groups is 1. The molecule has 2 heterocycles. The second-order valence-corrected chi connectivity index (χ2v) is 7.52. The molecule has 0 saturated carbocycles. The van der Waals surface area contributed by atoms with Gasteiger partial charge < -0.3 is 14.7 Å². The van der Waals surface area contributed by atoms with Crippen LogP contribution in [0.4, 0.5) is 4.79 Å². The van der Waals surface area contributed by atoms with Gasteiger partial charge in [0.05, 0.1) is 5.54 Å². The molecule has 6 heteroatoms. The monoisotopic (exact) mass is 309 g/mol. The lowest BCUT2D eigenvalue weighted by atomic mass is 10.0. The number of fused-ring (bicyclic) bond motifs is 1. The quantitative estimate of drug-likeness (QED) is 0.730. The molecule has 0 radical (unpaired) electrons. The molecule has 0 aromatic rings. The molecule has 2 atom stereocenters. The van der Waals surface area contributed by atoms with Crippen molar-refractivity contribution in [3.63, 3.8) is 0 Å². The molecule has 0 aliphatic carbocycles. The molecule has 0 aromatic carbocycles. The van der Waals surface area contributed by atoms with Crippen LogP contribution in [0.5, 0.6) is 0 Å². The van der Waals surface area contributed by atoms with Crippen LogP contribution >= 0.6 is 0 Å². The van der Waals surface area contributed by atoms with Crippen molar-refractivity contribution in [1.29, 1.82) is 0 Å². The number of aliphatic hydroxyl groups is 1. The van der Waals surface area contributed by atoms with Gasteiger partial charge in [-0.3, -0.25) is 4.90 Å². The number of amides is 1. The van der Waals surface area contributed by atoms with Gasteiger partial charge in [0, 0.05) is 32.2 Å². The lowest BCUT2D eigenvalue weighted by Crippen LogP contribution is -2.56. The molecular weight excluding hydrogens is 282 g/mol. The maximum absolute atomic E-state index is 12.2. The number of aliphatic hydroxyl groups excluding tert-OH is 1. The third kappa shape index (κ3) is 3.37. The predicted octanol–water partition coefficient (Wildman–Crippen LogP) is 0.911. The average molecular weight is 309 g/mol. The van der Waals surface area contributed by atoms with Crippen molar-refractivity contribution in [1.82, 2.24) is 14.7 Å². The lowest BCUT2D eigenvalue weighted by Gasteiger charge is -2.39. The largest absolute Gasteiger partial charge is 0.444 e. The van der Waals surface area contributed by atoms with E-state index in [2.05, 4.69) is 5.92 Å². The summed E-state index contributed by atoms with van der Waals surface area (Å²) < 4.78 is 5.43. The summed E-state index contributed by atoms with van der Waals surface area (Å²) in [7, 11) is 0. The van der Waals surface area contributed by atoms with Crippen LogP contribution in [0.15, 0.2) is 0 Å². The average Bonchev–Trinajstić information content (AvgIpc) is 2.74. The molecule has 6 nitrogen and oxygen atoms in total. The van der Waals surface area contributed by atoms with Crippen LogP contribution < -0.4 is 0 Å². The maximum atomic E-state index is 12.2. The van der Waals surface area contributed by atoms with E-state index < -0.39 is 17.5 Å². The van der Waals surface area contributed by atoms with E-state index in [9.17, 15) is 9.90 Å². The Bertz CT molecular complexity index is 478. The van der Waals surface area contributed by atoms with Gasteiger partial charge in [-0.05, 0) is 34.6 Å². The van der Waals surface area contributed by atoms with Crippen LogP contribution in [0.25, 0.3) is 0 Å². The molecule has 2 fully saturated rings. The Morgan fingerprint density at radius 3 is 2.41 bits per heavy atom. The molecule has 1 N–H and O–H groups in total. The Labute approximate surface area is 133 Å². The van der Waals surface area contributed by atoms with Gasteiger partial charge in [-0.15, -0.1) is 6.42 Å². The molecule has 124 valence electrons. The van der Waals surface area contributed by atoms with Gasteiger partial charge in [-0.1, -0.05) is 5.92 Å². The summed E-state index contributed by atoms with van der Waals surface area (Å²) in [4.78, 5) is 17.8. The highest BCUT2D eigenvalue weighted by atomic mass is 16.6. The van der Waals surface area contributed by atoms with Gasteiger partial charge >= 0.3 is 6.09 Å². The van der Waals surface area contributed by atoms with Gasteiger partial charge in [0.2, 0.25) is 0 Å². The van der Waals surface area contributed by atoms with Crippen molar-refractivity contribution in [2.45, 2.75) is 58.2 Å². The number of ether oxygens (including phenoxy) is 1. The lowest BCUT2D eigenvalue weighted by molar-refractivity contribution is -0.0985. The summed E-state index contributed by atoms with van der Waals surface area (Å²) in [5.74, 6) is 2.72. The fourth-order valence-corrected chi connectivity index (χ4v) is 2.93. The molecule has 1 amide bonds. The molecule has 2 saturated heterocycles. The second kappa shape index (κ2) is 5.73. The molecule has 2 rings (SSSR count). The van der Waals surface area contributed by atoms with Crippen molar-refractivity contribution in [3.05, 3.63) is 0 Å². The first kappa shape index (κ1) is 17.1. The van der Waals surface area contributed by atoms with Crippen LogP contribution in [0, 0.1) is 12.3 Å². The molecule has 0 aromatic heterocycles. The van der Waals surface area contributed by atoms with Gasteiger partial charge in [-0.25, -0.2) is 9.69 Å². The Kier molecular flexibility index (Phi) is 4.44. The van der Waals surface area contributed by atoms with Crippen LogP contribution in [0.3, 0.4) is 0 Å². The van der Waals surface area contributed by atoms with E-state index in [4.69, 9.17) is 11.2 Å². The van der Waals surface area contributed by atoms with E-state index in [1.54, 1.807) is 4.90 Å². The van der Waals surface area contributed by atoms with E-state index in [0.29, 0.717) is 26.2 Å². The van der Waals surface area contributed by atoms with Crippen molar-refractivity contribution in [2.24, 2.45) is 0 Å². The van der Waals surface area contributed by atoms with Crippen molar-refractivity contribution >= 4 is 6.09 Å². The maximum Gasteiger partial charge on any atom is 0.410 e. The minimum Gasteiger partial charge on any atom is -0.444 e. The van der Waals surface area contributed by atoms with Crippen molar-refractivity contribution in [2.75, 3.05) is 26.2 Å². The van der Waals surface area contributed by atoms with E-state index in [1.807, 2.05) is 44.4 Å². The van der Waals surface area contributed by atoms with Gasteiger partial charge in [0.1, 0.15) is 5.60 Å². The Balaban J connectivity index is 2.03. The van der Waals surface area contributed by atoms with E-state index in [-0.39, 0.29) is 12.1 Å². The normalized spacial score (nSPS) is 27.4. The van der Waals surface area contributed by atoms with Gasteiger partial charge in [0.25, 0.3) is 0 Å². The molecule has 0 spiro atoms. The van der Waals surface area contributed by atoms with Crippen molar-refractivity contribution in [3.8, 4) is 12.3 Å². The zero-order valence-corrected chi connectivity index (χ0v) is 14.2. The summed E-state index contributed by atoms with van der Waals surface area (Å²) in [6, 6.07) is 0.0730. The fourth-order valence-electron chi connectivity index (χ4n) is 2.93. The van der Waals surface area contributed by atoms with Crippen molar-refractivity contribution < 1.29 is 14.6 Å². The third-order valence-electron chi connectivity index (χ3n) is 4.23. The van der Waals surface area contributed by atoms with Crippen LogP contribution in [-0.2, 0) is 4.74 Å². The molecule has 0 bridgehead atoms. The highest BCUT2D eigenvalue weighted by Gasteiger charge is 2.47. The smallest absolute Gasteiger partial charge is 0.410 e. The number of hydrogen-bond acceptors (Lipinski definition) is 5. The summed E-state index contributed by atoms with van der Waals surface area (Å²) in [5.41, 5.74) is -1.02. The van der Waals surface area contributed by atoms with Crippen LogP contribution in [-0.4, -0.2) is 75.6 Å². The molecule has 2 aliphatic heterocycles. The van der Waals surface area contributed by atoms with Gasteiger partial charge in [-0.2, -0.15) is 0 Å². The highest BCUT2D eigenvalue weighted by molar-refractivity contribution is 5.68. The van der Waals surface area contributed by atoms with Crippen LogP contribution in [0.1, 0.15) is 34.6 Å². The Hall–Kier alpha value is -1.29. The number of hydrogen-bond donors (Lipinski definition) is 1. The zero-order chi connectivity index (χ0) is 16.7. The van der Waals surface area contributed by atoms with Gasteiger partial charge in [0.15, 0.2) is 6.35 Å². The standard InChI is InChI=1S/C16H27N3O3/c1-7-16(5,6)19-11-12-10-17(8-9-18(12)13(19)20)14(21)22-15(2,3)4/h1,12-13,20H,8-11H2,2-6H3/t12-,13?/m0/s1. The van der Waals surface area contributed by atoms with Crippen LogP contribution in [0.2, 0.25) is 0 Å². The molecule has 1 unspecified atom stereocenters. The number of rotatable bonds is 1. The van der Waals surface area contributed by atoms with E-state index in [0.717, 1.165) is 0 Å². The van der Waals surface area contributed by atoms with E-state index in [1.165, 1.54) is 0 Å². The summed E-state index contributed by atoms with van der Waals surface area (Å²) in [6.45, 7) is 11.8. The third-order valence-corrected chi connectivity index (χ3v) is 4.23. The minimum absolute atomic E-state index is 0.0730. The molecular formula is C16H27N3O3. The summed E-state index contributed by atoms with van der Waals surface area (Å²) in [6.07, 6.45) is 4.58. The first-order valence-electron chi connectivity index (χ1n) is 7.71. The molecule has 22 heavy (non-hydrogen) atoms. The number of nitrogens with zero attached hydrogens (tertiary/aromatic N) is 3. The van der Waals surface area contributed by atoms with E-state index >= 15 is 0 Å². The highest BCUT2D eigenvalue weighted by Crippen LogP contribution is 2.29. The predicted molar refractivity (Wildman–Crippen MR) is 83.9 cm³/mol. The zero-order valence-electron chi connectivity index (χ0n) is 14.2. The first-order valence-corrected chi connectivity index (χ1v) is 7.71. The SMILES string of the molecule is C#CC(C)(C)N1C[C@@H]2CN(C(=O)OC(C)(C)C)CCN2C1O. The number of piperazine rings is 1. The topological polar surface area (TPSA) is 56.2 Å². The second-order valence-electron chi connectivity index (χ2n) is 7.52. The summed E-state index contributed by atoms with van der Waals surface area (Å²) >= 11 is 0. The minimum atomic E-state index is -0.697. The summed E-state index contributed by atoms with van der Waals surface area (Å²) in [5, 5.41) is 10.5. The number of terminal acetylenes is 1.